The van der Waals surface area contributed by atoms with Gasteiger partial charge in [0.25, 0.3) is 5.91 Å². The lowest BCUT2D eigenvalue weighted by Gasteiger charge is -2.10. The lowest BCUT2D eigenvalue weighted by molar-refractivity contribution is -0.119. The average Bonchev–Trinajstić information content (AvgIpc) is 3.13. The molecule has 1 aliphatic heterocycles. The number of nitrogens with one attached hydrogen (secondary N) is 1. The molecule has 0 spiro atoms. The van der Waals surface area contributed by atoms with Crippen LogP contribution in [0.2, 0.25) is 0 Å². The van der Waals surface area contributed by atoms with E-state index in [1.807, 2.05) is 67.7 Å². The van der Waals surface area contributed by atoms with Gasteiger partial charge in [0.2, 0.25) is 0 Å². The molecule has 1 N–H and O–H groups in total. The van der Waals surface area contributed by atoms with E-state index >= 15 is 0 Å². The van der Waals surface area contributed by atoms with Crippen LogP contribution < -0.4 is 5.32 Å². The highest BCUT2D eigenvalue weighted by molar-refractivity contribution is 8.19. The lowest BCUT2D eigenvalue weighted by Crippen LogP contribution is -2.21. The highest BCUT2D eigenvalue weighted by atomic mass is 32.2. The number of hydrogen-bond acceptors (Lipinski definition) is 5. The number of ether oxygens (including phenoxy) is 1. The van der Waals surface area contributed by atoms with Gasteiger partial charge in [-0.05, 0) is 54.8 Å². The maximum atomic E-state index is 12.1. The van der Waals surface area contributed by atoms with Gasteiger partial charge in [0.15, 0.2) is 6.61 Å². The van der Waals surface area contributed by atoms with Crippen molar-refractivity contribution in [1.29, 1.82) is 0 Å². The Hall–Kier alpha value is -1.92. The SMILES string of the molecule is Cc1cc(C)cc(NC(=O)COC(=O)c2ccc(C3SCCS3)cc2)c1. The summed E-state index contributed by atoms with van der Waals surface area (Å²) in [7, 11) is 0. The van der Waals surface area contributed by atoms with Crippen LogP contribution in [-0.4, -0.2) is 30.0 Å². The quantitative estimate of drug-likeness (QED) is 0.761. The van der Waals surface area contributed by atoms with Crippen molar-refractivity contribution in [3.05, 3.63) is 64.7 Å². The molecule has 0 unspecified atom stereocenters. The van der Waals surface area contributed by atoms with E-state index in [-0.39, 0.29) is 12.5 Å². The van der Waals surface area contributed by atoms with E-state index < -0.39 is 5.97 Å². The minimum Gasteiger partial charge on any atom is -0.452 e. The number of esters is 1. The smallest absolute Gasteiger partial charge is 0.338 e. The Bertz CT molecular complexity index is 779. The number of anilines is 1. The third kappa shape index (κ3) is 5.05. The van der Waals surface area contributed by atoms with Gasteiger partial charge in [0.1, 0.15) is 0 Å². The molecule has 0 aromatic heterocycles. The van der Waals surface area contributed by atoms with Crippen molar-refractivity contribution in [1.82, 2.24) is 0 Å². The summed E-state index contributed by atoms with van der Waals surface area (Å²) in [5.74, 6) is 1.49. The van der Waals surface area contributed by atoms with Gasteiger partial charge in [0, 0.05) is 17.2 Å². The number of benzene rings is 2. The van der Waals surface area contributed by atoms with Crippen LogP contribution in [-0.2, 0) is 9.53 Å². The van der Waals surface area contributed by atoms with Gasteiger partial charge < -0.3 is 10.1 Å². The summed E-state index contributed by atoms with van der Waals surface area (Å²) in [6.45, 7) is 3.63. The van der Waals surface area contributed by atoms with Crippen molar-refractivity contribution in [2.45, 2.75) is 18.4 Å². The van der Waals surface area contributed by atoms with Gasteiger partial charge in [-0.1, -0.05) is 18.2 Å². The second-order valence-electron chi connectivity index (χ2n) is 6.20. The number of amides is 1. The first kappa shape index (κ1) is 18.9. The van der Waals surface area contributed by atoms with Crippen molar-refractivity contribution < 1.29 is 14.3 Å². The maximum absolute atomic E-state index is 12.1. The molecule has 0 bridgehead atoms. The van der Waals surface area contributed by atoms with Crippen LogP contribution in [0, 0.1) is 13.8 Å². The molecule has 3 rings (SSSR count). The summed E-state index contributed by atoms with van der Waals surface area (Å²) < 4.78 is 5.57. The van der Waals surface area contributed by atoms with E-state index in [0.29, 0.717) is 15.8 Å². The summed E-state index contributed by atoms with van der Waals surface area (Å²) in [5.41, 5.74) is 4.51. The number of carbonyl (C=O) groups is 2. The van der Waals surface area contributed by atoms with E-state index in [0.717, 1.165) is 22.6 Å². The zero-order valence-corrected chi connectivity index (χ0v) is 16.4. The first-order valence-corrected chi connectivity index (χ1v) is 10.5. The summed E-state index contributed by atoms with van der Waals surface area (Å²) in [6.07, 6.45) is 0. The van der Waals surface area contributed by atoms with Gasteiger partial charge in [-0.3, -0.25) is 4.79 Å². The minimum absolute atomic E-state index is 0.304. The molecule has 2 aromatic rings. The van der Waals surface area contributed by atoms with Gasteiger partial charge in [0.05, 0.1) is 10.1 Å². The monoisotopic (exact) mass is 387 g/mol. The molecule has 0 aliphatic carbocycles. The van der Waals surface area contributed by atoms with Crippen LogP contribution in [0.25, 0.3) is 0 Å². The Morgan fingerprint density at radius 2 is 1.65 bits per heavy atom. The van der Waals surface area contributed by atoms with Crippen LogP contribution in [0.3, 0.4) is 0 Å². The predicted octanol–water partition coefficient (Wildman–Crippen LogP) is 4.58. The molecule has 1 fully saturated rings. The fourth-order valence-electron chi connectivity index (χ4n) is 2.79. The molecule has 6 heteroatoms. The van der Waals surface area contributed by atoms with E-state index in [9.17, 15) is 9.59 Å². The summed E-state index contributed by atoms with van der Waals surface area (Å²) in [5, 5.41) is 2.75. The van der Waals surface area contributed by atoms with Gasteiger partial charge in [-0.2, -0.15) is 0 Å². The van der Waals surface area contributed by atoms with Crippen LogP contribution >= 0.6 is 23.5 Å². The van der Waals surface area contributed by atoms with Crippen LogP contribution in [0.5, 0.6) is 0 Å². The first-order chi connectivity index (χ1) is 12.5. The molecule has 0 radical (unpaired) electrons. The second-order valence-corrected chi connectivity index (χ2v) is 8.92. The Kier molecular flexibility index (Phi) is 6.27. The summed E-state index contributed by atoms with van der Waals surface area (Å²) >= 11 is 3.84. The molecule has 1 amide bonds. The predicted molar refractivity (Wildman–Crippen MR) is 109 cm³/mol. The van der Waals surface area contributed by atoms with Crippen molar-refractivity contribution in [3.8, 4) is 0 Å². The number of hydrogen-bond donors (Lipinski definition) is 1. The van der Waals surface area contributed by atoms with Crippen molar-refractivity contribution in [2.24, 2.45) is 0 Å². The molecule has 0 atom stereocenters. The van der Waals surface area contributed by atoms with E-state index in [1.165, 1.54) is 5.56 Å². The molecule has 2 aromatic carbocycles. The van der Waals surface area contributed by atoms with Gasteiger partial charge in [-0.15, -0.1) is 23.5 Å². The minimum atomic E-state index is -0.487. The highest BCUT2D eigenvalue weighted by Crippen LogP contribution is 2.45. The van der Waals surface area contributed by atoms with E-state index in [1.54, 1.807) is 12.1 Å². The van der Waals surface area contributed by atoms with E-state index in [4.69, 9.17) is 4.74 Å². The van der Waals surface area contributed by atoms with Crippen LogP contribution in [0.15, 0.2) is 42.5 Å². The zero-order valence-electron chi connectivity index (χ0n) is 14.8. The third-order valence-corrected chi connectivity index (χ3v) is 6.98. The Labute approximate surface area is 162 Å². The Morgan fingerprint density at radius 3 is 2.27 bits per heavy atom. The average molecular weight is 388 g/mol. The lowest BCUT2D eigenvalue weighted by atomic mass is 10.1. The molecular formula is C20H21NO3S2. The van der Waals surface area contributed by atoms with Crippen molar-refractivity contribution in [2.75, 3.05) is 23.4 Å². The number of rotatable bonds is 5. The standard InChI is InChI=1S/C20H21NO3S2/c1-13-9-14(2)11-17(10-13)21-18(22)12-24-19(23)15-3-5-16(6-4-15)20-25-7-8-26-20/h3-6,9-11,20H,7-8,12H2,1-2H3,(H,21,22). The topological polar surface area (TPSA) is 55.4 Å². The normalized spacial score (nSPS) is 14.2. The molecule has 136 valence electrons. The maximum Gasteiger partial charge on any atom is 0.338 e. The highest BCUT2D eigenvalue weighted by Gasteiger charge is 2.19. The molecule has 26 heavy (non-hydrogen) atoms. The molecule has 1 heterocycles. The third-order valence-electron chi connectivity index (χ3n) is 3.88. The Morgan fingerprint density at radius 1 is 1.04 bits per heavy atom. The van der Waals surface area contributed by atoms with Gasteiger partial charge >= 0.3 is 5.97 Å². The van der Waals surface area contributed by atoms with Crippen LogP contribution in [0.1, 0.15) is 31.6 Å². The van der Waals surface area contributed by atoms with Crippen molar-refractivity contribution in [3.63, 3.8) is 0 Å². The van der Waals surface area contributed by atoms with Crippen molar-refractivity contribution >= 4 is 41.1 Å². The number of carbonyl (C=O) groups excluding carboxylic acids is 2. The fraction of sp³-hybridized carbons (Fsp3) is 0.300. The molecule has 1 saturated heterocycles. The zero-order chi connectivity index (χ0) is 18.5. The summed E-state index contributed by atoms with van der Waals surface area (Å²) in [4.78, 5) is 24.1. The Balaban J connectivity index is 1.52. The molecule has 1 aliphatic rings. The largest absolute Gasteiger partial charge is 0.452 e. The second kappa shape index (κ2) is 8.64. The number of thioether (sulfide) groups is 2. The number of aryl methyl sites for hydroxylation is 2. The van der Waals surface area contributed by atoms with E-state index in [2.05, 4.69) is 5.32 Å². The summed E-state index contributed by atoms with van der Waals surface area (Å²) in [6, 6.07) is 13.2. The van der Waals surface area contributed by atoms with Crippen LogP contribution in [0.4, 0.5) is 5.69 Å². The molecule has 0 saturated carbocycles. The van der Waals surface area contributed by atoms with Gasteiger partial charge in [-0.25, -0.2) is 4.79 Å². The fourth-order valence-corrected chi connectivity index (χ4v) is 5.64. The molecule has 4 nitrogen and oxygen atoms in total. The first-order valence-electron chi connectivity index (χ1n) is 8.40. The molecular weight excluding hydrogens is 366 g/mol.